The molecule has 0 spiro atoms. The van der Waals surface area contributed by atoms with Crippen molar-refractivity contribution in [3.8, 4) is 0 Å². The van der Waals surface area contributed by atoms with Crippen molar-refractivity contribution in [2.24, 2.45) is 0 Å². The van der Waals surface area contributed by atoms with Gasteiger partial charge in [-0.25, -0.2) is 4.39 Å². The minimum Gasteiger partial charge on any atom is -0.394 e. The number of benzene rings is 1. The van der Waals surface area contributed by atoms with Crippen LogP contribution in [0.4, 0.5) is 4.39 Å². The van der Waals surface area contributed by atoms with E-state index in [4.69, 9.17) is 5.11 Å². The number of nitrogens with one attached hydrogen (secondary N) is 1. The smallest absolute Gasteiger partial charge is 0.220 e. The van der Waals surface area contributed by atoms with Crippen LogP contribution in [-0.2, 0) is 4.79 Å². The molecule has 0 fully saturated rings. The van der Waals surface area contributed by atoms with Gasteiger partial charge in [-0.15, -0.1) is 0 Å². The predicted molar refractivity (Wildman–Crippen MR) is 64.7 cm³/mol. The third-order valence-electron chi connectivity index (χ3n) is 2.43. The fourth-order valence-corrected chi connectivity index (χ4v) is 1.40. The molecule has 1 amide bonds. The molecule has 0 aliphatic heterocycles. The topological polar surface area (TPSA) is 66.4 Å². The van der Waals surface area contributed by atoms with Crippen LogP contribution < -0.4 is 5.32 Å². The summed E-state index contributed by atoms with van der Waals surface area (Å²) in [5.41, 5.74) is 0.388. The first kappa shape index (κ1) is 14.3. The summed E-state index contributed by atoms with van der Waals surface area (Å²) < 4.78 is 12.6. The van der Waals surface area contributed by atoms with Crippen LogP contribution in [0, 0.1) is 5.82 Å². The van der Waals surface area contributed by atoms with Gasteiger partial charge in [-0.1, -0.05) is 0 Å². The van der Waals surface area contributed by atoms with E-state index in [-0.39, 0.29) is 37.2 Å². The fourth-order valence-electron chi connectivity index (χ4n) is 1.40. The Morgan fingerprint density at radius 1 is 1.28 bits per heavy atom. The minimum atomic E-state index is -0.402. The van der Waals surface area contributed by atoms with E-state index in [1.807, 2.05) is 0 Å². The molecule has 0 aliphatic carbocycles. The maximum absolute atomic E-state index is 12.6. The Morgan fingerprint density at radius 3 is 2.44 bits per heavy atom. The van der Waals surface area contributed by atoms with E-state index in [1.54, 1.807) is 6.92 Å². The monoisotopic (exact) mass is 253 g/mol. The molecule has 0 heterocycles. The second-order valence-corrected chi connectivity index (χ2v) is 4.08. The number of rotatable bonds is 6. The number of carbonyl (C=O) groups excluding carboxylic acids is 2. The molecule has 5 heteroatoms. The molecule has 1 rings (SSSR count). The summed E-state index contributed by atoms with van der Waals surface area (Å²) in [6, 6.07) is 4.89. The average molecular weight is 253 g/mol. The summed E-state index contributed by atoms with van der Waals surface area (Å²) in [6.45, 7) is 1.53. The molecule has 18 heavy (non-hydrogen) atoms. The van der Waals surface area contributed by atoms with Crippen LogP contribution in [0.15, 0.2) is 24.3 Å². The zero-order chi connectivity index (χ0) is 13.5. The fraction of sp³-hybridized carbons (Fsp3) is 0.385. The maximum Gasteiger partial charge on any atom is 0.220 e. The van der Waals surface area contributed by atoms with Crippen LogP contribution in [0.25, 0.3) is 0 Å². The van der Waals surface area contributed by atoms with Gasteiger partial charge in [0.25, 0.3) is 0 Å². The summed E-state index contributed by atoms with van der Waals surface area (Å²) in [5.74, 6) is -0.894. The molecular formula is C13H16FNO3. The lowest BCUT2D eigenvalue weighted by atomic mass is 10.1. The van der Waals surface area contributed by atoms with Gasteiger partial charge >= 0.3 is 0 Å². The summed E-state index contributed by atoms with van der Waals surface area (Å²) in [5, 5.41) is 11.3. The Hall–Kier alpha value is -1.75. The third kappa shape index (κ3) is 4.63. The highest BCUT2D eigenvalue weighted by Crippen LogP contribution is 2.07. The van der Waals surface area contributed by atoms with Crippen LogP contribution in [0.2, 0.25) is 0 Å². The van der Waals surface area contributed by atoms with E-state index in [1.165, 1.54) is 24.3 Å². The van der Waals surface area contributed by atoms with E-state index < -0.39 is 5.82 Å². The maximum atomic E-state index is 12.6. The van der Waals surface area contributed by atoms with Gasteiger partial charge in [0, 0.05) is 24.4 Å². The van der Waals surface area contributed by atoms with Crippen molar-refractivity contribution in [2.75, 3.05) is 6.61 Å². The first-order valence-electron chi connectivity index (χ1n) is 5.72. The quantitative estimate of drug-likeness (QED) is 0.751. The summed E-state index contributed by atoms with van der Waals surface area (Å²) in [7, 11) is 0. The first-order valence-corrected chi connectivity index (χ1v) is 5.72. The average Bonchev–Trinajstić information content (AvgIpc) is 2.36. The Balaban J connectivity index is 2.41. The van der Waals surface area contributed by atoms with E-state index >= 15 is 0 Å². The van der Waals surface area contributed by atoms with Gasteiger partial charge < -0.3 is 10.4 Å². The van der Waals surface area contributed by atoms with Crippen molar-refractivity contribution < 1.29 is 19.1 Å². The number of halogens is 1. The van der Waals surface area contributed by atoms with Gasteiger partial charge in [0.05, 0.1) is 6.61 Å². The molecule has 98 valence electrons. The number of hydrogen-bond donors (Lipinski definition) is 2. The molecule has 0 aromatic heterocycles. The number of hydrogen-bond acceptors (Lipinski definition) is 3. The molecular weight excluding hydrogens is 237 g/mol. The van der Waals surface area contributed by atoms with Crippen molar-refractivity contribution in [3.05, 3.63) is 35.6 Å². The van der Waals surface area contributed by atoms with E-state index in [0.29, 0.717) is 5.56 Å². The van der Waals surface area contributed by atoms with E-state index in [2.05, 4.69) is 5.32 Å². The molecule has 1 atom stereocenters. The highest BCUT2D eigenvalue weighted by molar-refractivity contribution is 5.97. The van der Waals surface area contributed by atoms with E-state index in [0.717, 1.165) is 0 Å². The Bertz CT molecular complexity index is 417. The molecule has 1 aromatic carbocycles. The molecule has 0 saturated carbocycles. The van der Waals surface area contributed by atoms with Gasteiger partial charge in [-0.3, -0.25) is 9.59 Å². The first-order chi connectivity index (χ1) is 8.52. The number of carbonyl (C=O) groups is 2. The normalized spacial score (nSPS) is 11.9. The molecule has 2 N–H and O–H groups in total. The zero-order valence-electron chi connectivity index (χ0n) is 10.1. The van der Waals surface area contributed by atoms with Crippen LogP contribution in [-0.4, -0.2) is 29.4 Å². The van der Waals surface area contributed by atoms with Crippen LogP contribution in [0.1, 0.15) is 30.1 Å². The van der Waals surface area contributed by atoms with Gasteiger partial charge in [-0.05, 0) is 31.2 Å². The van der Waals surface area contributed by atoms with Crippen LogP contribution in [0.3, 0.4) is 0 Å². The Labute approximate surface area is 105 Å². The third-order valence-corrected chi connectivity index (χ3v) is 2.43. The van der Waals surface area contributed by atoms with Crippen molar-refractivity contribution in [3.63, 3.8) is 0 Å². The Morgan fingerprint density at radius 2 is 1.89 bits per heavy atom. The van der Waals surface area contributed by atoms with Crippen LogP contribution in [0.5, 0.6) is 0 Å². The van der Waals surface area contributed by atoms with Crippen molar-refractivity contribution in [2.45, 2.75) is 25.8 Å². The van der Waals surface area contributed by atoms with Gasteiger partial charge in [0.15, 0.2) is 5.78 Å². The number of amides is 1. The zero-order valence-corrected chi connectivity index (χ0v) is 10.1. The lowest BCUT2D eigenvalue weighted by molar-refractivity contribution is -0.121. The largest absolute Gasteiger partial charge is 0.394 e. The highest BCUT2D eigenvalue weighted by atomic mass is 19.1. The number of aliphatic hydroxyl groups excluding tert-OH is 1. The summed E-state index contributed by atoms with van der Waals surface area (Å²) in [6.07, 6.45) is 0.121. The number of ketones is 1. The van der Waals surface area contributed by atoms with Crippen LogP contribution >= 0.6 is 0 Å². The predicted octanol–water partition coefficient (Wildman–Crippen LogP) is 1.29. The summed E-state index contributed by atoms with van der Waals surface area (Å²) >= 11 is 0. The number of Topliss-reactive ketones (excluding diaryl/α,β-unsaturated/α-hetero) is 1. The van der Waals surface area contributed by atoms with Crippen molar-refractivity contribution in [1.29, 1.82) is 0 Å². The molecule has 0 saturated heterocycles. The molecule has 0 bridgehead atoms. The SMILES string of the molecule is CC(CO)NC(=O)CCC(=O)c1ccc(F)cc1. The minimum absolute atomic E-state index is 0.0561. The molecule has 4 nitrogen and oxygen atoms in total. The molecule has 0 aliphatic rings. The molecule has 1 unspecified atom stereocenters. The van der Waals surface area contributed by atoms with Crippen molar-refractivity contribution >= 4 is 11.7 Å². The van der Waals surface area contributed by atoms with E-state index in [9.17, 15) is 14.0 Å². The Kier molecular flexibility index (Phi) is 5.45. The number of aliphatic hydroxyl groups is 1. The highest BCUT2D eigenvalue weighted by Gasteiger charge is 2.10. The second-order valence-electron chi connectivity index (χ2n) is 4.08. The van der Waals surface area contributed by atoms with Gasteiger partial charge in [-0.2, -0.15) is 0 Å². The van der Waals surface area contributed by atoms with Gasteiger partial charge in [0.1, 0.15) is 5.82 Å². The van der Waals surface area contributed by atoms with Gasteiger partial charge in [0.2, 0.25) is 5.91 Å². The second kappa shape index (κ2) is 6.86. The lowest BCUT2D eigenvalue weighted by Gasteiger charge is -2.10. The summed E-state index contributed by atoms with van der Waals surface area (Å²) in [4.78, 5) is 23.0. The standard InChI is InChI=1S/C13H16FNO3/c1-9(8-16)15-13(18)7-6-12(17)10-2-4-11(14)5-3-10/h2-5,9,16H,6-8H2,1H3,(H,15,18). The van der Waals surface area contributed by atoms with Crippen molar-refractivity contribution in [1.82, 2.24) is 5.32 Å². The molecule has 1 aromatic rings. The lowest BCUT2D eigenvalue weighted by Crippen LogP contribution is -2.35. The molecule has 0 radical (unpaired) electrons.